The third kappa shape index (κ3) is 6.08. The van der Waals surface area contributed by atoms with Crippen molar-refractivity contribution >= 4 is 17.9 Å². The molecule has 4 heteroatoms. The zero-order valence-electron chi connectivity index (χ0n) is 17.4. The molecule has 0 radical (unpaired) electrons. The highest BCUT2D eigenvalue weighted by Gasteiger charge is 2.13. The van der Waals surface area contributed by atoms with E-state index in [0.29, 0.717) is 18.0 Å². The Morgan fingerprint density at radius 2 is 1.57 bits per heavy atom. The lowest BCUT2D eigenvalue weighted by Gasteiger charge is -2.21. The highest BCUT2D eigenvalue weighted by Crippen LogP contribution is 2.15. The summed E-state index contributed by atoms with van der Waals surface area (Å²) in [5, 5.41) is 2.87. The Kier molecular flexibility index (Phi) is 7.56. The summed E-state index contributed by atoms with van der Waals surface area (Å²) in [5.41, 5.74) is 3.88. The zero-order valence-corrected chi connectivity index (χ0v) is 17.4. The molecular weight excluding hydrogens is 348 g/mol. The van der Waals surface area contributed by atoms with Gasteiger partial charge >= 0.3 is 0 Å². The van der Waals surface area contributed by atoms with E-state index in [4.69, 9.17) is 0 Å². The first-order valence-corrected chi connectivity index (χ1v) is 9.70. The zero-order chi connectivity index (χ0) is 20.7. The van der Waals surface area contributed by atoms with Crippen LogP contribution >= 0.6 is 0 Å². The summed E-state index contributed by atoms with van der Waals surface area (Å²) in [5.74, 6) is 0.346. The molecule has 1 N–H and O–H groups in total. The molecule has 0 bridgehead atoms. The van der Waals surface area contributed by atoms with Crippen LogP contribution in [0.1, 0.15) is 60.7 Å². The molecule has 0 spiro atoms. The van der Waals surface area contributed by atoms with E-state index in [0.717, 1.165) is 11.1 Å². The van der Waals surface area contributed by atoms with Gasteiger partial charge in [0, 0.05) is 31.3 Å². The number of benzene rings is 2. The molecule has 0 fully saturated rings. The molecule has 4 nitrogen and oxygen atoms in total. The Morgan fingerprint density at radius 3 is 2.11 bits per heavy atom. The molecule has 148 valence electrons. The molecule has 0 aromatic heterocycles. The molecule has 0 atom stereocenters. The van der Waals surface area contributed by atoms with Gasteiger partial charge in [0.15, 0.2) is 0 Å². The molecule has 0 aliphatic rings. The minimum absolute atomic E-state index is 0.00277. The van der Waals surface area contributed by atoms with Crippen molar-refractivity contribution in [2.75, 3.05) is 7.05 Å². The average molecular weight is 379 g/mol. The van der Waals surface area contributed by atoms with E-state index in [1.807, 2.05) is 44.2 Å². The number of nitrogens with one attached hydrogen (secondary N) is 1. The van der Waals surface area contributed by atoms with E-state index in [-0.39, 0.29) is 17.9 Å². The Balaban J connectivity index is 1.87. The van der Waals surface area contributed by atoms with Gasteiger partial charge in [0.2, 0.25) is 5.91 Å². The quantitative estimate of drug-likeness (QED) is 0.715. The predicted molar refractivity (Wildman–Crippen MR) is 115 cm³/mol. The smallest absolute Gasteiger partial charge is 0.253 e. The number of hydrogen-bond donors (Lipinski definition) is 1. The van der Waals surface area contributed by atoms with Gasteiger partial charge in [-0.3, -0.25) is 9.59 Å². The minimum Gasteiger partial charge on any atom is -0.348 e. The maximum absolute atomic E-state index is 12.3. The van der Waals surface area contributed by atoms with E-state index in [1.54, 1.807) is 30.2 Å². The number of amides is 2. The molecule has 0 saturated heterocycles. The van der Waals surface area contributed by atoms with Gasteiger partial charge in [-0.15, -0.1) is 0 Å². The third-order valence-corrected chi connectivity index (χ3v) is 4.79. The lowest BCUT2D eigenvalue weighted by atomic mass is 10.0. The Morgan fingerprint density at radius 1 is 0.964 bits per heavy atom. The first-order chi connectivity index (χ1) is 13.3. The first kappa shape index (κ1) is 21.4. The fourth-order valence-electron chi connectivity index (χ4n) is 2.62. The van der Waals surface area contributed by atoms with Gasteiger partial charge in [-0.2, -0.15) is 0 Å². The van der Waals surface area contributed by atoms with E-state index in [2.05, 4.69) is 31.3 Å². The van der Waals surface area contributed by atoms with Crippen molar-refractivity contribution in [1.82, 2.24) is 10.2 Å². The maximum atomic E-state index is 12.3. The van der Waals surface area contributed by atoms with E-state index in [9.17, 15) is 9.59 Å². The summed E-state index contributed by atoms with van der Waals surface area (Å²) in [6.07, 6.45) is 3.35. The van der Waals surface area contributed by atoms with Crippen LogP contribution in [-0.4, -0.2) is 29.8 Å². The maximum Gasteiger partial charge on any atom is 0.253 e. The predicted octanol–water partition coefficient (Wildman–Crippen LogP) is 4.62. The summed E-state index contributed by atoms with van der Waals surface area (Å²) in [6, 6.07) is 15.7. The van der Waals surface area contributed by atoms with Crippen LogP contribution in [-0.2, 0) is 11.3 Å². The van der Waals surface area contributed by atoms with Crippen LogP contribution in [0.15, 0.2) is 54.6 Å². The van der Waals surface area contributed by atoms with Gasteiger partial charge in [0.25, 0.3) is 5.91 Å². The van der Waals surface area contributed by atoms with Crippen molar-refractivity contribution in [3.63, 3.8) is 0 Å². The number of carbonyl (C=O) groups excluding carboxylic acids is 2. The van der Waals surface area contributed by atoms with Crippen LogP contribution in [0.2, 0.25) is 0 Å². The van der Waals surface area contributed by atoms with Crippen molar-refractivity contribution in [2.45, 2.75) is 46.2 Å². The van der Waals surface area contributed by atoms with Crippen molar-refractivity contribution < 1.29 is 9.59 Å². The second-order valence-corrected chi connectivity index (χ2v) is 7.58. The summed E-state index contributed by atoms with van der Waals surface area (Å²) in [7, 11) is 1.80. The molecule has 2 aromatic carbocycles. The van der Waals surface area contributed by atoms with Crippen molar-refractivity contribution in [2.24, 2.45) is 0 Å². The minimum atomic E-state index is -0.146. The van der Waals surface area contributed by atoms with Gasteiger partial charge in [-0.25, -0.2) is 0 Å². The largest absolute Gasteiger partial charge is 0.348 e. The van der Waals surface area contributed by atoms with Crippen molar-refractivity contribution in [3.8, 4) is 0 Å². The number of carbonyl (C=O) groups is 2. The van der Waals surface area contributed by atoms with Crippen LogP contribution in [0.3, 0.4) is 0 Å². The third-order valence-electron chi connectivity index (χ3n) is 4.79. The highest BCUT2D eigenvalue weighted by molar-refractivity contribution is 5.94. The van der Waals surface area contributed by atoms with Crippen LogP contribution in [0.4, 0.5) is 0 Å². The van der Waals surface area contributed by atoms with Gasteiger partial charge in [-0.1, -0.05) is 50.2 Å². The van der Waals surface area contributed by atoms with Crippen LogP contribution in [0, 0.1) is 0 Å². The lowest BCUT2D eigenvalue weighted by molar-refractivity contribution is -0.116. The fourth-order valence-corrected chi connectivity index (χ4v) is 2.62. The molecule has 2 amide bonds. The molecular formula is C24H30N2O2. The Labute approximate surface area is 168 Å². The van der Waals surface area contributed by atoms with Gasteiger partial charge in [-0.05, 0) is 54.7 Å². The normalized spacial score (nSPS) is 11.2. The summed E-state index contributed by atoms with van der Waals surface area (Å²) < 4.78 is 0. The van der Waals surface area contributed by atoms with Crippen molar-refractivity contribution in [3.05, 3.63) is 76.9 Å². The Bertz CT molecular complexity index is 819. The van der Waals surface area contributed by atoms with E-state index < -0.39 is 0 Å². The molecule has 0 unspecified atom stereocenters. The second kappa shape index (κ2) is 9.88. The molecule has 0 saturated carbocycles. The van der Waals surface area contributed by atoms with Crippen molar-refractivity contribution in [1.29, 1.82) is 0 Å². The fraction of sp³-hybridized carbons (Fsp3) is 0.333. The number of nitrogens with zero attached hydrogens (tertiary/aromatic N) is 1. The van der Waals surface area contributed by atoms with Gasteiger partial charge in [0.1, 0.15) is 0 Å². The molecule has 0 heterocycles. The van der Waals surface area contributed by atoms with E-state index >= 15 is 0 Å². The molecule has 2 aromatic rings. The molecule has 0 aliphatic carbocycles. The van der Waals surface area contributed by atoms with E-state index in [1.165, 1.54) is 5.56 Å². The SMILES string of the molecule is CC(C)c1ccc(/C=C/C(=O)NCc2ccc(C(=O)N(C)C(C)C)cc2)cc1. The first-order valence-electron chi connectivity index (χ1n) is 9.70. The van der Waals surface area contributed by atoms with Crippen LogP contribution in [0.25, 0.3) is 6.08 Å². The monoisotopic (exact) mass is 378 g/mol. The number of rotatable bonds is 7. The van der Waals surface area contributed by atoms with Gasteiger partial charge < -0.3 is 10.2 Å². The van der Waals surface area contributed by atoms with Crippen LogP contribution < -0.4 is 5.32 Å². The number of hydrogen-bond acceptors (Lipinski definition) is 2. The molecule has 2 rings (SSSR count). The second-order valence-electron chi connectivity index (χ2n) is 7.58. The molecule has 0 aliphatic heterocycles. The van der Waals surface area contributed by atoms with Gasteiger partial charge in [0.05, 0.1) is 0 Å². The summed E-state index contributed by atoms with van der Waals surface area (Å²) in [4.78, 5) is 26.0. The summed E-state index contributed by atoms with van der Waals surface area (Å²) in [6.45, 7) is 8.69. The van der Waals surface area contributed by atoms with Crippen LogP contribution in [0.5, 0.6) is 0 Å². The standard InChI is InChI=1S/C24H30N2O2/c1-17(2)21-11-6-19(7-12-21)10-15-23(27)25-16-20-8-13-22(14-9-20)24(28)26(5)18(3)4/h6-15,17-18H,16H2,1-5H3,(H,25,27)/b15-10+. The highest BCUT2D eigenvalue weighted by atomic mass is 16.2. The topological polar surface area (TPSA) is 49.4 Å². The Hall–Kier alpha value is -2.88. The molecule has 28 heavy (non-hydrogen) atoms. The average Bonchev–Trinajstić information content (AvgIpc) is 2.70. The lowest BCUT2D eigenvalue weighted by Crippen LogP contribution is -2.32. The summed E-state index contributed by atoms with van der Waals surface area (Å²) >= 11 is 0.